The van der Waals surface area contributed by atoms with E-state index in [1.165, 1.54) is 12.1 Å². The van der Waals surface area contributed by atoms with Crippen molar-refractivity contribution in [1.82, 2.24) is 0 Å². The molecule has 2 rings (SSSR count). The van der Waals surface area contributed by atoms with Crippen LogP contribution in [-0.2, 0) is 14.6 Å². The van der Waals surface area contributed by atoms with Crippen LogP contribution >= 0.6 is 0 Å². The first-order valence-electron chi connectivity index (χ1n) is 6.32. The Bertz CT molecular complexity index is 756. The van der Waals surface area contributed by atoms with Gasteiger partial charge in [-0.1, -0.05) is 18.2 Å². The number of nitrogens with two attached hydrogens (primary N) is 1. The van der Waals surface area contributed by atoms with Crippen LogP contribution in [0.3, 0.4) is 0 Å². The number of carbonyl (C=O) groups excluding carboxylic acids is 1. The largest absolute Gasteiger partial charge is 0.399 e. The van der Waals surface area contributed by atoms with E-state index >= 15 is 0 Å². The summed E-state index contributed by atoms with van der Waals surface area (Å²) in [5.74, 6) is -1.18. The van der Waals surface area contributed by atoms with Gasteiger partial charge in [0.15, 0.2) is 9.84 Å². The molecule has 0 unspecified atom stereocenters. The molecule has 0 aromatic heterocycles. The molecule has 0 saturated heterocycles. The smallest absolute Gasteiger partial charge is 0.239 e. The van der Waals surface area contributed by atoms with Crippen LogP contribution in [-0.4, -0.2) is 20.1 Å². The van der Waals surface area contributed by atoms with Crippen LogP contribution < -0.4 is 11.1 Å². The molecule has 0 aliphatic carbocycles. The Hall–Kier alpha value is -2.34. The molecule has 0 atom stereocenters. The van der Waals surface area contributed by atoms with E-state index in [0.29, 0.717) is 16.9 Å². The van der Waals surface area contributed by atoms with Crippen LogP contribution in [0.5, 0.6) is 0 Å². The lowest BCUT2D eigenvalue weighted by atomic mass is 10.2. The lowest BCUT2D eigenvalue weighted by Gasteiger charge is -2.09. The van der Waals surface area contributed by atoms with Gasteiger partial charge in [-0.25, -0.2) is 8.42 Å². The third-order valence-corrected chi connectivity index (χ3v) is 4.68. The number of amides is 1. The first kappa shape index (κ1) is 15.1. The number of anilines is 2. The summed E-state index contributed by atoms with van der Waals surface area (Å²) in [5, 5.41) is 2.56. The van der Waals surface area contributed by atoms with Gasteiger partial charge in [0, 0.05) is 11.4 Å². The fourth-order valence-electron chi connectivity index (χ4n) is 1.99. The van der Waals surface area contributed by atoms with Gasteiger partial charge in [-0.05, 0) is 42.8 Å². The summed E-state index contributed by atoms with van der Waals surface area (Å²) in [4.78, 5) is 12.0. The van der Waals surface area contributed by atoms with Gasteiger partial charge < -0.3 is 11.1 Å². The summed E-state index contributed by atoms with van der Waals surface area (Å²) in [7, 11) is -3.69. The van der Waals surface area contributed by atoms with Gasteiger partial charge in [0.1, 0.15) is 5.75 Å². The van der Waals surface area contributed by atoms with Crippen LogP contribution in [0.4, 0.5) is 11.4 Å². The standard InChI is InChI=1S/C15H16N2O3S/c1-11-9-12(16)7-8-14(11)21(19,20)10-15(18)17-13-5-3-2-4-6-13/h2-9H,10,16H2,1H3,(H,17,18). The molecular formula is C15H16N2O3S. The summed E-state index contributed by atoms with van der Waals surface area (Å²) in [6, 6.07) is 13.2. The molecular weight excluding hydrogens is 288 g/mol. The normalized spacial score (nSPS) is 11.1. The van der Waals surface area contributed by atoms with Gasteiger partial charge in [0.05, 0.1) is 4.90 Å². The van der Waals surface area contributed by atoms with Gasteiger partial charge in [-0.3, -0.25) is 4.79 Å². The van der Waals surface area contributed by atoms with Crippen molar-refractivity contribution >= 4 is 27.1 Å². The monoisotopic (exact) mass is 304 g/mol. The number of rotatable bonds is 4. The van der Waals surface area contributed by atoms with Crippen molar-refractivity contribution < 1.29 is 13.2 Å². The summed E-state index contributed by atoms with van der Waals surface area (Å²) in [6.45, 7) is 1.65. The minimum atomic E-state index is -3.69. The molecule has 110 valence electrons. The van der Waals surface area contributed by atoms with E-state index in [1.54, 1.807) is 37.3 Å². The molecule has 1 amide bonds. The molecule has 3 N–H and O–H groups in total. The van der Waals surface area contributed by atoms with Crippen LogP contribution in [0.25, 0.3) is 0 Å². The summed E-state index contributed by atoms with van der Waals surface area (Å²) >= 11 is 0. The molecule has 6 heteroatoms. The Morgan fingerprint density at radius 2 is 1.81 bits per heavy atom. The molecule has 0 spiro atoms. The number of carbonyl (C=O) groups is 1. The Morgan fingerprint density at radius 3 is 2.43 bits per heavy atom. The average Bonchev–Trinajstić information content (AvgIpc) is 2.38. The quantitative estimate of drug-likeness (QED) is 0.845. The highest BCUT2D eigenvalue weighted by Gasteiger charge is 2.21. The maximum absolute atomic E-state index is 12.3. The van der Waals surface area contributed by atoms with Crippen LogP contribution in [0.2, 0.25) is 0 Å². The lowest BCUT2D eigenvalue weighted by molar-refractivity contribution is -0.113. The van der Waals surface area contributed by atoms with Crippen LogP contribution in [0.1, 0.15) is 5.56 Å². The van der Waals surface area contributed by atoms with E-state index in [0.717, 1.165) is 0 Å². The Balaban J connectivity index is 2.16. The van der Waals surface area contributed by atoms with Crippen molar-refractivity contribution in [3.8, 4) is 0 Å². The number of para-hydroxylation sites is 1. The second-order valence-corrected chi connectivity index (χ2v) is 6.66. The molecule has 0 aliphatic rings. The molecule has 0 heterocycles. The molecule has 0 radical (unpaired) electrons. The van der Waals surface area contributed by atoms with Gasteiger partial charge in [-0.15, -0.1) is 0 Å². The Kier molecular flexibility index (Phi) is 4.28. The maximum Gasteiger partial charge on any atom is 0.239 e. The third kappa shape index (κ3) is 3.82. The fourth-order valence-corrected chi connectivity index (χ4v) is 3.39. The highest BCUT2D eigenvalue weighted by molar-refractivity contribution is 7.92. The van der Waals surface area contributed by atoms with Crippen LogP contribution in [0, 0.1) is 6.92 Å². The molecule has 5 nitrogen and oxygen atoms in total. The number of hydrogen-bond donors (Lipinski definition) is 2. The maximum atomic E-state index is 12.3. The highest BCUT2D eigenvalue weighted by Crippen LogP contribution is 2.19. The number of nitrogen functional groups attached to an aromatic ring is 1. The average molecular weight is 304 g/mol. The van der Waals surface area contributed by atoms with E-state index < -0.39 is 21.5 Å². The zero-order chi connectivity index (χ0) is 15.5. The van der Waals surface area contributed by atoms with Gasteiger partial charge in [0.2, 0.25) is 5.91 Å². The van der Waals surface area contributed by atoms with Crippen molar-refractivity contribution in [2.24, 2.45) is 0 Å². The molecule has 0 saturated carbocycles. The zero-order valence-corrected chi connectivity index (χ0v) is 12.4. The predicted octanol–water partition coefficient (Wildman–Crippen LogP) is 1.99. The highest BCUT2D eigenvalue weighted by atomic mass is 32.2. The predicted molar refractivity (Wildman–Crippen MR) is 82.7 cm³/mol. The first-order valence-corrected chi connectivity index (χ1v) is 7.97. The first-order chi connectivity index (χ1) is 9.88. The molecule has 2 aromatic rings. The number of sulfone groups is 1. The van der Waals surface area contributed by atoms with Gasteiger partial charge in [-0.2, -0.15) is 0 Å². The Morgan fingerprint density at radius 1 is 1.14 bits per heavy atom. The lowest BCUT2D eigenvalue weighted by Crippen LogP contribution is -2.23. The van der Waals surface area contributed by atoms with E-state index in [-0.39, 0.29) is 4.90 Å². The van der Waals surface area contributed by atoms with Gasteiger partial charge in [0.25, 0.3) is 0 Å². The fraction of sp³-hybridized carbons (Fsp3) is 0.133. The second kappa shape index (κ2) is 5.97. The SMILES string of the molecule is Cc1cc(N)ccc1S(=O)(=O)CC(=O)Nc1ccccc1. The molecule has 0 fully saturated rings. The Labute approximate surface area is 123 Å². The number of benzene rings is 2. The second-order valence-electron chi connectivity index (χ2n) is 4.70. The summed E-state index contributed by atoms with van der Waals surface area (Å²) in [6.07, 6.45) is 0. The van der Waals surface area contributed by atoms with E-state index in [9.17, 15) is 13.2 Å². The van der Waals surface area contributed by atoms with Crippen molar-refractivity contribution in [1.29, 1.82) is 0 Å². The van der Waals surface area contributed by atoms with Crippen molar-refractivity contribution in [2.75, 3.05) is 16.8 Å². The number of aryl methyl sites for hydroxylation is 1. The van der Waals surface area contributed by atoms with Crippen molar-refractivity contribution in [3.63, 3.8) is 0 Å². The number of nitrogens with one attached hydrogen (secondary N) is 1. The molecule has 0 bridgehead atoms. The summed E-state index contributed by atoms with van der Waals surface area (Å²) < 4.78 is 24.5. The zero-order valence-electron chi connectivity index (χ0n) is 11.5. The van der Waals surface area contributed by atoms with E-state index in [1.807, 2.05) is 6.07 Å². The summed E-state index contributed by atoms with van der Waals surface area (Å²) in [5.41, 5.74) is 7.18. The topological polar surface area (TPSA) is 89.3 Å². The van der Waals surface area contributed by atoms with Crippen molar-refractivity contribution in [2.45, 2.75) is 11.8 Å². The molecule has 21 heavy (non-hydrogen) atoms. The minimum absolute atomic E-state index is 0.125. The minimum Gasteiger partial charge on any atom is -0.399 e. The third-order valence-electron chi connectivity index (χ3n) is 2.91. The molecule has 0 aliphatic heterocycles. The molecule has 2 aromatic carbocycles. The van der Waals surface area contributed by atoms with Crippen molar-refractivity contribution in [3.05, 3.63) is 54.1 Å². The van der Waals surface area contributed by atoms with E-state index in [4.69, 9.17) is 5.73 Å². The van der Waals surface area contributed by atoms with Gasteiger partial charge >= 0.3 is 0 Å². The van der Waals surface area contributed by atoms with E-state index in [2.05, 4.69) is 5.32 Å². The van der Waals surface area contributed by atoms with Crippen LogP contribution in [0.15, 0.2) is 53.4 Å². The number of hydrogen-bond acceptors (Lipinski definition) is 4.